The van der Waals surface area contributed by atoms with Crippen LogP contribution in [0.1, 0.15) is 54.1 Å². The molecule has 0 aliphatic heterocycles. The number of amides is 1. The van der Waals surface area contributed by atoms with Gasteiger partial charge in [0.2, 0.25) is 0 Å². The fraction of sp³-hybridized carbons (Fsp3) is 0.481. The summed E-state index contributed by atoms with van der Waals surface area (Å²) < 4.78 is 16.9. The number of methoxy groups -OCH3 is 1. The van der Waals surface area contributed by atoms with Crippen LogP contribution in [0.3, 0.4) is 0 Å². The molecule has 0 unspecified atom stereocenters. The predicted octanol–water partition coefficient (Wildman–Crippen LogP) is 4.41. The van der Waals surface area contributed by atoms with Crippen molar-refractivity contribution in [2.24, 2.45) is 5.92 Å². The molecule has 184 valence electrons. The minimum absolute atomic E-state index is 0.337. The minimum Gasteiger partial charge on any atom is -0.489 e. The van der Waals surface area contributed by atoms with Crippen molar-refractivity contribution in [1.82, 2.24) is 5.32 Å². The van der Waals surface area contributed by atoms with Crippen LogP contribution in [-0.4, -0.2) is 49.5 Å². The number of hydrogen-bond acceptors (Lipinski definition) is 5. The van der Waals surface area contributed by atoms with E-state index in [9.17, 15) is 14.7 Å². The molecule has 1 fully saturated rings. The lowest BCUT2D eigenvalue weighted by atomic mass is 9.77. The number of carboxylic acid groups (broad SMARTS) is 1. The van der Waals surface area contributed by atoms with Gasteiger partial charge in [0.15, 0.2) is 11.5 Å². The number of rotatable bonds is 11. The number of aryl methyl sites for hydroxylation is 1. The number of benzene rings is 2. The van der Waals surface area contributed by atoms with Gasteiger partial charge in [0.25, 0.3) is 5.91 Å². The van der Waals surface area contributed by atoms with Gasteiger partial charge < -0.3 is 24.6 Å². The largest absolute Gasteiger partial charge is 0.489 e. The van der Waals surface area contributed by atoms with Gasteiger partial charge in [0.05, 0.1) is 13.2 Å². The number of aliphatic carboxylic acids is 1. The molecule has 7 nitrogen and oxygen atoms in total. The van der Waals surface area contributed by atoms with Crippen molar-refractivity contribution in [3.8, 4) is 11.5 Å². The monoisotopic (exact) mass is 469 g/mol. The van der Waals surface area contributed by atoms with Crippen LogP contribution in [0.15, 0.2) is 42.5 Å². The van der Waals surface area contributed by atoms with E-state index in [1.807, 2.05) is 25.1 Å². The molecule has 1 amide bonds. The van der Waals surface area contributed by atoms with Gasteiger partial charge in [-0.15, -0.1) is 0 Å². The topological polar surface area (TPSA) is 94.1 Å². The first-order valence-electron chi connectivity index (χ1n) is 11.8. The van der Waals surface area contributed by atoms with E-state index >= 15 is 0 Å². The van der Waals surface area contributed by atoms with Crippen LogP contribution < -0.4 is 14.8 Å². The highest BCUT2D eigenvalue weighted by molar-refractivity contribution is 5.98. The number of carbonyl (C=O) groups is 2. The van der Waals surface area contributed by atoms with Crippen LogP contribution in [0.4, 0.5) is 0 Å². The third-order valence-corrected chi connectivity index (χ3v) is 6.37. The summed E-state index contributed by atoms with van der Waals surface area (Å²) in [6.07, 6.45) is 3.09. The molecule has 2 N–H and O–H groups in total. The summed E-state index contributed by atoms with van der Waals surface area (Å²) in [5.74, 6) is 0.00229. The molecule has 0 heterocycles. The van der Waals surface area contributed by atoms with E-state index in [4.69, 9.17) is 14.2 Å². The summed E-state index contributed by atoms with van der Waals surface area (Å²) >= 11 is 0. The SMILES string of the molecule is COCCOc1ccc(C(=O)N[C@]2(C(=O)O)CC[C@@H](C)CC2)cc1OCCc1cccc(C)c1. The number of ether oxygens (including phenoxy) is 3. The van der Waals surface area contributed by atoms with Crippen LogP contribution in [0.2, 0.25) is 0 Å². The third-order valence-electron chi connectivity index (χ3n) is 6.37. The van der Waals surface area contributed by atoms with Gasteiger partial charge in [-0.1, -0.05) is 36.8 Å². The Labute approximate surface area is 201 Å². The smallest absolute Gasteiger partial charge is 0.329 e. The van der Waals surface area contributed by atoms with Crippen LogP contribution in [0.25, 0.3) is 0 Å². The Morgan fingerprint density at radius 2 is 1.76 bits per heavy atom. The van der Waals surface area contributed by atoms with Crippen molar-refractivity contribution in [2.75, 3.05) is 26.9 Å². The van der Waals surface area contributed by atoms with Crippen LogP contribution in [-0.2, 0) is 16.0 Å². The molecule has 1 saturated carbocycles. The van der Waals surface area contributed by atoms with Crippen molar-refractivity contribution >= 4 is 11.9 Å². The van der Waals surface area contributed by atoms with Gasteiger partial charge in [-0.25, -0.2) is 4.79 Å². The number of nitrogens with one attached hydrogen (secondary N) is 1. The molecule has 0 bridgehead atoms. The molecule has 0 saturated heterocycles. The molecule has 7 heteroatoms. The van der Waals surface area contributed by atoms with E-state index < -0.39 is 17.4 Å². The first kappa shape index (κ1) is 25.6. The first-order chi connectivity index (χ1) is 16.3. The average molecular weight is 470 g/mol. The Bertz CT molecular complexity index is 981. The Hall–Kier alpha value is -3.06. The predicted molar refractivity (Wildman–Crippen MR) is 130 cm³/mol. The minimum atomic E-state index is -1.23. The van der Waals surface area contributed by atoms with Crippen molar-refractivity contribution in [3.63, 3.8) is 0 Å². The van der Waals surface area contributed by atoms with Gasteiger partial charge in [-0.3, -0.25) is 4.79 Å². The molecular formula is C27H35NO6. The maximum Gasteiger partial charge on any atom is 0.329 e. The molecule has 0 radical (unpaired) electrons. The van der Waals surface area contributed by atoms with E-state index in [2.05, 4.69) is 18.3 Å². The van der Waals surface area contributed by atoms with Gasteiger partial charge in [-0.2, -0.15) is 0 Å². The Kier molecular flexibility index (Phi) is 8.93. The zero-order valence-corrected chi connectivity index (χ0v) is 20.3. The van der Waals surface area contributed by atoms with Crippen molar-refractivity contribution < 1.29 is 28.9 Å². The lowest BCUT2D eigenvalue weighted by molar-refractivity contribution is -0.146. The van der Waals surface area contributed by atoms with E-state index in [0.717, 1.165) is 18.4 Å². The quantitative estimate of drug-likeness (QED) is 0.474. The molecular weight excluding hydrogens is 434 g/mol. The molecule has 0 spiro atoms. The number of carbonyl (C=O) groups excluding carboxylic acids is 1. The van der Waals surface area contributed by atoms with Crippen LogP contribution >= 0.6 is 0 Å². The standard InChI is InChI=1S/C27H35NO6/c1-19-9-12-27(13-10-19,26(30)31)28-25(29)22-7-8-23(34-16-15-32-3)24(18-22)33-14-11-21-6-4-5-20(2)17-21/h4-8,17-19H,9-16H2,1-3H3,(H,28,29)(H,30,31)/t19-,27-. The zero-order valence-electron chi connectivity index (χ0n) is 20.3. The fourth-order valence-electron chi connectivity index (χ4n) is 4.20. The van der Waals surface area contributed by atoms with Crippen molar-refractivity contribution in [3.05, 3.63) is 59.2 Å². The molecule has 1 aliphatic carbocycles. The Morgan fingerprint density at radius 3 is 2.44 bits per heavy atom. The number of carboxylic acids is 1. The maximum absolute atomic E-state index is 13.1. The molecule has 3 rings (SSSR count). The zero-order chi connectivity index (χ0) is 24.6. The average Bonchev–Trinajstić information content (AvgIpc) is 2.81. The van der Waals surface area contributed by atoms with E-state index in [1.165, 1.54) is 5.56 Å². The summed E-state index contributed by atoms with van der Waals surface area (Å²) in [4.78, 5) is 25.1. The summed E-state index contributed by atoms with van der Waals surface area (Å²) in [6.45, 7) is 5.33. The molecule has 2 aromatic rings. The molecule has 0 aromatic heterocycles. The Balaban J connectivity index is 1.74. The second kappa shape index (κ2) is 11.9. The highest BCUT2D eigenvalue weighted by Gasteiger charge is 2.42. The summed E-state index contributed by atoms with van der Waals surface area (Å²) in [5.41, 5.74) is 1.45. The summed E-state index contributed by atoms with van der Waals surface area (Å²) in [6, 6.07) is 13.2. The number of hydrogen-bond donors (Lipinski definition) is 2. The van der Waals surface area contributed by atoms with E-state index in [1.54, 1.807) is 25.3 Å². The normalized spacial score (nSPS) is 19.9. The third kappa shape index (κ3) is 6.73. The molecule has 34 heavy (non-hydrogen) atoms. The van der Waals surface area contributed by atoms with Gasteiger partial charge >= 0.3 is 5.97 Å². The summed E-state index contributed by atoms with van der Waals surface area (Å²) in [5, 5.41) is 12.7. The second-order valence-corrected chi connectivity index (χ2v) is 9.11. The van der Waals surface area contributed by atoms with Gasteiger partial charge in [0, 0.05) is 19.1 Å². The van der Waals surface area contributed by atoms with E-state index in [0.29, 0.717) is 62.1 Å². The van der Waals surface area contributed by atoms with Gasteiger partial charge in [0.1, 0.15) is 12.1 Å². The van der Waals surface area contributed by atoms with Crippen molar-refractivity contribution in [2.45, 2.75) is 51.5 Å². The fourth-order valence-corrected chi connectivity index (χ4v) is 4.20. The second-order valence-electron chi connectivity index (χ2n) is 9.11. The highest BCUT2D eigenvalue weighted by atomic mass is 16.5. The Morgan fingerprint density at radius 1 is 1.03 bits per heavy atom. The molecule has 0 atom stereocenters. The highest BCUT2D eigenvalue weighted by Crippen LogP contribution is 2.33. The van der Waals surface area contributed by atoms with Gasteiger partial charge in [-0.05, 0) is 62.3 Å². The van der Waals surface area contributed by atoms with Crippen LogP contribution in [0, 0.1) is 12.8 Å². The maximum atomic E-state index is 13.1. The van der Waals surface area contributed by atoms with Crippen LogP contribution in [0.5, 0.6) is 11.5 Å². The lowest BCUT2D eigenvalue weighted by Crippen LogP contribution is -2.56. The summed E-state index contributed by atoms with van der Waals surface area (Å²) in [7, 11) is 1.60. The first-order valence-corrected chi connectivity index (χ1v) is 11.8. The van der Waals surface area contributed by atoms with Crippen molar-refractivity contribution in [1.29, 1.82) is 0 Å². The molecule has 1 aliphatic rings. The van der Waals surface area contributed by atoms with E-state index in [-0.39, 0.29) is 0 Å². The molecule has 2 aromatic carbocycles. The lowest BCUT2D eigenvalue weighted by Gasteiger charge is -2.36.